The van der Waals surface area contributed by atoms with Crippen molar-refractivity contribution in [3.05, 3.63) is 22.6 Å². The van der Waals surface area contributed by atoms with E-state index in [2.05, 4.69) is 16.9 Å². The number of nitrogens with one attached hydrogen (secondary N) is 1. The van der Waals surface area contributed by atoms with Crippen molar-refractivity contribution >= 4 is 23.4 Å². The minimum absolute atomic E-state index is 0.453. The highest BCUT2D eigenvalue weighted by molar-refractivity contribution is 7.71. The van der Waals surface area contributed by atoms with Crippen LogP contribution in [0.25, 0.3) is 11.2 Å². The molecule has 0 bridgehead atoms. The molecule has 0 spiro atoms. The highest BCUT2D eigenvalue weighted by Crippen LogP contribution is 2.21. The third kappa shape index (κ3) is 2.58. The summed E-state index contributed by atoms with van der Waals surface area (Å²) in [7, 11) is 0. The molecule has 3 rings (SSSR count). The molecule has 1 fully saturated rings. The van der Waals surface area contributed by atoms with Crippen LogP contribution >= 0.6 is 12.2 Å². The summed E-state index contributed by atoms with van der Waals surface area (Å²) in [5.74, 6) is 0. The normalized spacial score (nSPS) is 16.5. The summed E-state index contributed by atoms with van der Waals surface area (Å²) in [5, 5.41) is 0. The predicted molar refractivity (Wildman–Crippen MR) is 77.9 cm³/mol. The molecule has 1 N–H and O–H groups in total. The maximum atomic E-state index is 5.90. The van der Waals surface area contributed by atoms with Crippen molar-refractivity contribution in [3.63, 3.8) is 0 Å². The highest BCUT2D eigenvalue weighted by Gasteiger charge is 2.15. The van der Waals surface area contributed by atoms with E-state index in [0.29, 0.717) is 12.7 Å². The zero-order valence-corrected chi connectivity index (χ0v) is 12.0. The summed E-state index contributed by atoms with van der Waals surface area (Å²) in [6, 6.07) is 1.99. The summed E-state index contributed by atoms with van der Waals surface area (Å²) in [4.78, 5) is 7.66. The zero-order valence-electron chi connectivity index (χ0n) is 11.2. The number of pyridine rings is 1. The van der Waals surface area contributed by atoms with E-state index >= 15 is 0 Å². The van der Waals surface area contributed by atoms with Crippen LogP contribution in [0.2, 0.25) is 0 Å². The van der Waals surface area contributed by atoms with Crippen molar-refractivity contribution in [2.75, 3.05) is 6.61 Å². The lowest BCUT2D eigenvalue weighted by Gasteiger charge is -2.11. The first kappa shape index (κ1) is 12.8. The summed E-state index contributed by atoms with van der Waals surface area (Å²) in [5.41, 5.74) is 3.14. The summed E-state index contributed by atoms with van der Waals surface area (Å²) >= 11 is 5.37. The first-order chi connectivity index (χ1) is 9.25. The maximum Gasteiger partial charge on any atom is 0.179 e. The molecule has 5 heteroatoms. The Morgan fingerprint density at radius 3 is 3.05 bits per heavy atom. The second-order valence-corrected chi connectivity index (χ2v) is 5.57. The van der Waals surface area contributed by atoms with Crippen LogP contribution in [0, 0.1) is 11.7 Å². The monoisotopic (exact) mass is 277 g/mol. The molecule has 0 saturated heterocycles. The highest BCUT2D eigenvalue weighted by atomic mass is 32.1. The van der Waals surface area contributed by atoms with E-state index in [9.17, 15) is 0 Å². The van der Waals surface area contributed by atoms with Gasteiger partial charge < -0.3 is 9.72 Å². The van der Waals surface area contributed by atoms with E-state index < -0.39 is 0 Å². The molecular weight excluding hydrogens is 258 g/mol. The molecule has 2 aromatic rings. The molecule has 0 radical (unpaired) electrons. The third-order valence-corrected chi connectivity index (χ3v) is 4.17. The topological polar surface area (TPSA) is 42.8 Å². The van der Waals surface area contributed by atoms with Crippen LogP contribution in [0.5, 0.6) is 0 Å². The quantitative estimate of drug-likeness (QED) is 0.871. The average molecular weight is 277 g/mol. The van der Waals surface area contributed by atoms with Crippen molar-refractivity contribution in [1.82, 2.24) is 14.5 Å². The predicted octanol–water partition coefficient (Wildman–Crippen LogP) is 3.36. The van der Waals surface area contributed by atoms with Crippen LogP contribution in [-0.2, 0) is 11.3 Å². The third-order valence-electron chi connectivity index (χ3n) is 3.84. The van der Waals surface area contributed by atoms with Crippen LogP contribution in [0.1, 0.15) is 31.2 Å². The fourth-order valence-corrected chi connectivity index (χ4v) is 3.03. The van der Waals surface area contributed by atoms with E-state index in [0.717, 1.165) is 22.5 Å². The molecule has 1 saturated carbocycles. The summed E-state index contributed by atoms with van der Waals surface area (Å²) in [6.45, 7) is 3.54. The number of aromatic nitrogens is 3. The minimum Gasteiger partial charge on any atom is -0.376 e. The van der Waals surface area contributed by atoms with Crippen LogP contribution in [0.4, 0.5) is 0 Å². The number of hydrogen-bond acceptors (Lipinski definition) is 3. The first-order valence-electron chi connectivity index (χ1n) is 6.91. The lowest BCUT2D eigenvalue weighted by atomic mass is 10.3. The smallest absolute Gasteiger partial charge is 0.179 e. The van der Waals surface area contributed by atoms with Crippen molar-refractivity contribution < 1.29 is 4.74 Å². The van der Waals surface area contributed by atoms with Crippen molar-refractivity contribution in [1.29, 1.82) is 0 Å². The van der Waals surface area contributed by atoms with Gasteiger partial charge in [0.1, 0.15) is 0 Å². The van der Waals surface area contributed by atoms with Crippen molar-refractivity contribution in [2.45, 2.75) is 45.3 Å². The molecule has 2 aromatic heterocycles. The SMILES string of the molecule is Cc1ccnc2c1[nH]c(=S)n2CCOC1CCCC1. The van der Waals surface area contributed by atoms with Gasteiger partial charge in [0.15, 0.2) is 10.4 Å². The number of imidazole rings is 1. The van der Waals surface area contributed by atoms with E-state index in [-0.39, 0.29) is 0 Å². The molecule has 4 nitrogen and oxygen atoms in total. The van der Waals surface area contributed by atoms with Crippen LogP contribution < -0.4 is 0 Å². The molecule has 2 heterocycles. The Morgan fingerprint density at radius 2 is 2.26 bits per heavy atom. The summed E-state index contributed by atoms with van der Waals surface area (Å²) in [6.07, 6.45) is 7.30. The average Bonchev–Trinajstić information content (AvgIpc) is 3.00. The summed E-state index contributed by atoms with van der Waals surface area (Å²) < 4.78 is 8.66. The fraction of sp³-hybridized carbons (Fsp3) is 0.571. The van der Waals surface area contributed by atoms with Crippen LogP contribution in [0.15, 0.2) is 12.3 Å². The maximum absolute atomic E-state index is 5.90. The van der Waals surface area contributed by atoms with E-state index in [1.54, 1.807) is 0 Å². The van der Waals surface area contributed by atoms with Gasteiger partial charge in [-0.1, -0.05) is 12.8 Å². The molecule has 0 aromatic carbocycles. The van der Waals surface area contributed by atoms with Gasteiger partial charge in [-0.05, 0) is 43.6 Å². The molecule has 0 amide bonds. The number of nitrogens with zero attached hydrogens (tertiary/aromatic N) is 2. The molecule has 0 atom stereocenters. The molecule has 102 valence electrons. The van der Waals surface area contributed by atoms with Gasteiger partial charge in [0.05, 0.1) is 24.8 Å². The fourth-order valence-electron chi connectivity index (χ4n) is 2.75. The number of rotatable bonds is 4. The number of aromatic amines is 1. The van der Waals surface area contributed by atoms with Crippen molar-refractivity contribution in [2.24, 2.45) is 0 Å². The van der Waals surface area contributed by atoms with E-state index in [1.807, 2.05) is 16.8 Å². The molecule has 1 aliphatic carbocycles. The van der Waals surface area contributed by atoms with Gasteiger partial charge in [-0.3, -0.25) is 4.57 Å². The molecule has 1 aliphatic rings. The Morgan fingerprint density at radius 1 is 1.47 bits per heavy atom. The molecule has 0 unspecified atom stereocenters. The molecule has 0 aliphatic heterocycles. The van der Waals surface area contributed by atoms with E-state index in [4.69, 9.17) is 17.0 Å². The van der Waals surface area contributed by atoms with Gasteiger partial charge in [0, 0.05) is 6.20 Å². The Hall–Kier alpha value is -1.20. The Labute approximate surface area is 117 Å². The Bertz CT molecular complexity index is 625. The second kappa shape index (κ2) is 5.43. The Balaban J connectivity index is 1.75. The standard InChI is InChI=1S/C14H19N3OS/c1-10-6-7-15-13-12(10)16-14(19)17(13)8-9-18-11-4-2-3-5-11/h6-7,11H,2-5,8-9H2,1H3,(H,16,19). The van der Waals surface area contributed by atoms with Gasteiger partial charge in [-0.15, -0.1) is 0 Å². The van der Waals surface area contributed by atoms with E-state index in [1.165, 1.54) is 31.2 Å². The van der Waals surface area contributed by atoms with Gasteiger partial charge in [0.25, 0.3) is 0 Å². The first-order valence-corrected chi connectivity index (χ1v) is 7.32. The molecular formula is C14H19N3OS. The van der Waals surface area contributed by atoms with Crippen molar-refractivity contribution in [3.8, 4) is 0 Å². The van der Waals surface area contributed by atoms with Crippen LogP contribution in [-0.4, -0.2) is 27.2 Å². The van der Waals surface area contributed by atoms with Gasteiger partial charge in [-0.2, -0.15) is 0 Å². The second-order valence-electron chi connectivity index (χ2n) is 5.19. The largest absolute Gasteiger partial charge is 0.376 e. The number of fused-ring (bicyclic) bond motifs is 1. The van der Waals surface area contributed by atoms with Gasteiger partial charge in [0.2, 0.25) is 0 Å². The lowest BCUT2D eigenvalue weighted by Crippen LogP contribution is -2.13. The molecule has 19 heavy (non-hydrogen) atoms. The number of aryl methyl sites for hydroxylation is 1. The van der Waals surface area contributed by atoms with Gasteiger partial charge in [-0.25, -0.2) is 4.98 Å². The lowest BCUT2D eigenvalue weighted by molar-refractivity contribution is 0.0532. The van der Waals surface area contributed by atoms with Crippen LogP contribution in [0.3, 0.4) is 0 Å². The number of ether oxygens (including phenoxy) is 1. The number of hydrogen-bond donors (Lipinski definition) is 1. The number of H-pyrrole nitrogens is 1. The minimum atomic E-state index is 0.453. The zero-order chi connectivity index (χ0) is 13.2. The van der Waals surface area contributed by atoms with Gasteiger partial charge >= 0.3 is 0 Å². The Kier molecular flexibility index (Phi) is 3.66.